The molecule has 2 aliphatic carbocycles. The molecule has 2 amide bonds. The molecular weight excluding hydrogens is 1340 g/mol. The number of unbranched alkanes of at least 4 members (excludes halogenated alkanes) is 5. The zero-order valence-electron chi connectivity index (χ0n) is 62.5. The standard InChI is InChI=1S/C77H112N16O12/c1-10-11-12-13-21-56(87-47-89-75(6,7)69(100)103-55-34-28-52(29-35-55)92-72(82)83)65(96)85-42-17-15-22-57(86-46-88-74(4,5)61(95)45-101-53-30-24-50(25-31-53)90-70(78)79)66(97)84-41-16-14-19-48(20-18-38-73(2,3)68(99)102-54-32-26-51(27-33-54)91-71(80)81)67(98)104-59-37-39-76(8)60-44-49-23-36-58(94)63-62(49)77(76,64(59)105-63)40-43-93(60)9/h23-37,48,56-57,60,64,86-89,94H,10-22,38-47H2,1-9H3,(H,84,97)(H,85,96)(H4,78,79,90)(H4,80,81,91)(H4,82,83,92)/t48-,56+,57+,60-,64+,76+,77+/m1/s1. The molecular formula is C77H112N16O12. The Kier molecular flexibility index (Phi) is 28.3. The van der Waals surface area contributed by atoms with Crippen LogP contribution in [-0.2, 0) is 45.3 Å². The van der Waals surface area contributed by atoms with Crippen LogP contribution >= 0.6 is 0 Å². The first-order chi connectivity index (χ1) is 49.9. The van der Waals surface area contributed by atoms with E-state index in [1.807, 2.05) is 26.0 Å². The number of nitrogens with one attached hydrogen (secondary N) is 6. The summed E-state index contributed by atoms with van der Waals surface area (Å²) in [5.41, 5.74) is 32.9. The molecule has 0 aromatic heterocycles. The van der Waals surface area contributed by atoms with E-state index in [-0.39, 0.29) is 79.2 Å². The molecule has 4 aromatic rings. The normalized spacial score (nSPS) is 18.8. The molecule has 7 atom stereocenters. The molecule has 105 heavy (non-hydrogen) atoms. The highest BCUT2D eigenvalue weighted by Gasteiger charge is 2.70. The van der Waals surface area contributed by atoms with Gasteiger partial charge in [0, 0.05) is 43.4 Å². The molecule has 8 rings (SSSR count). The molecule has 2 aliphatic heterocycles. The van der Waals surface area contributed by atoms with Crippen LogP contribution in [0.2, 0.25) is 0 Å². The first-order valence-electron chi connectivity index (χ1n) is 36.7. The summed E-state index contributed by atoms with van der Waals surface area (Å²) < 4.78 is 30.7. The number of hydrogen-bond acceptors (Lipinski definition) is 20. The lowest BCUT2D eigenvalue weighted by Gasteiger charge is -2.63. The van der Waals surface area contributed by atoms with Crippen LogP contribution in [0, 0.1) is 16.7 Å². The van der Waals surface area contributed by atoms with Crippen LogP contribution in [0.4, 0.5) is 17.1 Å². The number of esters is 3. The summed E-state index contributed by atoms with van der Waals surface area (Å²) in [7, 11) is 2.16. The largest absolute Gasteiger partial charge is 0.504 e. The zero-order valence-corrected chi connectivity index (χ0v) is 62.5. The number of likely N-dealkylation sites (N-methyl/N-ethyl adjacent to an activating group) is 1. The summed E-state index contributed by atoms with van der Waals surface area (Å²) in [6, 6.07) is 22.2. The van der Waals surface area contributed by atoms with E-state index < -0.39 is 63.9 Å². The van der Waals surface area contributed by atoms with Gasteiger partial charge in [0.05, 0.1) is 51.4 Å². The summed E-state index contributed by atoms with van der Waals surface area (Å²) >= 11 is 0. The molecule has 4 aromatic carbocycles. The van der Waals surface area contributed by atoms with E-state index in [9.17, 15) is 33.9 Å². The van der Waals surface area contributed by atoms with Gasteiger partial charge in [-0.3, -0.25) is 45.2 Å². The number of guanidine groups is 3. The van der Waals surface area contributed by atoms with Gasteiger partial charge in [0.15, 0.2) is 41.3 Å². The van der Waals surface area contributed by atoms with Gasteiger partial charge in [-0.2, -0.15) is 0 Å². The Labute approximate surface area is 616 Å². The Morgan fingerprint density at radius 2 is 1.13 bits per heavy atom. The smallest absolute Gasteiger partial charge is 0.331 e. The molecule has 0 unspecified atom stereocenters. The topological polar surface area (TPSA) is 437 Å². The molecule has 28 heteroatoms. The zero-order chi connectivity index (χ0) is 76.3. The Morgan fingerprint density at radius 3 is 1.68 bits per heavy atom. The number of allylic oxidation sites excluding steroid dienone is 1. The Bertz CT molecular complexity index is 3780. The van der Waals surface area contributed by atoms with E-state index in [2.05, 4.69) is 72.7 Å². The maximum atomic E-state index is 14.9. The number of nitrogens with two attached hydrogens (primary N) is 6. The van der Waals surface area contributed by atoms with Gasteiger partial charge in [-0.1, -0.05) is 58.4 Å². The lowest BCUT2D eigenvalue weighted by molar-refractivity contribution is -0.150. The van der Waals surface area contributed by atoms with E-state index in [0.717, 1.165) is 56.2 Å². The van der Waals surface area contributed by atoms with Crippen molar-refractivity contribution in [3.05, 3.63) is 108 Å². The van der Waals surface area contributed by atoms with E-state index in [1.165, 1.54) is 0 Å². The fourth-order valence-corrected chi connectivity index (χ4v) is 14.5. The maximum Gasteiger partial charge on any atom is 0.331 e. The van der Waals surface area contributed by atoms with E-state index >= 15 is 0 Å². The number of nitrogens with zero attached hydrogens (tertiary/aromatic N) is 4. The predicted molar refractivity (Wildman–Crippen MR) is 405 cm³/mol. The fourth-order valence-electron chi connectivity index (χ4n) is 14.5. The number of hydrogen-bond donors (Lipinski definition) is 13. The average Bonchev–Trinajstić information content (AvgIpc) is 1.52. The number of phenols is 1. The molecule has 1 spiro atoms. The van der Waals surface area contributed by atoms with Crippen LogP contribution in [0.25, 0.3) is 0 Å². The first-order valence-corrected chi connectivity index (χ1v) is 36.7. The number of Topliss-reactive ketones (excluding diaryl/α,β-unsaturated/α-hetero) is 1. The number of carbonyl (C=O) groups is 6. The van der Waals surface area contributed by atoms with Gasteiger partial charge < -0.3 is 78.7 Å². The number of ether oxygens (including phenoxy) is 5. The molecule has 1 saturated heterocycles. The summed E-state index contributed by atoms with van der Waals surface area (Å²) in [5.74, 6) is -0.955. The third-order valence-corrected chi connectivity index (χ3v) is 20.9. The predicted octanol–water partition coefficient (Wildman–Crippen LogP) is 6.99. The number of aliphatic imine (C=N–C) groups is 3. The number of ketones is 1. The number of rotatable bonds is 42. The fraction of sp³-hybridized carbons (Fsp3) is 0.545. The number of likely N-dealkylation sites (tertiary alicyclic amines) is 1. The Morgan fingerprint density at radius 1 is 0.629 bits per heavy atom. The molecule has 572 valence electrons. The highest BCUT2D eigenvalue weighted by molar-refractivity contribution is 5.89. The second-order valence-corrected chi connectivity index (χ2v) is 30.0. The summed E-state index contributed by atoms with van der Waals surface area (Å²) in [5, 5.41) is 30.6. The number of piperidine rings is 1. The monoisotopic (exact) mass is 1450 g/mol. The van der Waals surface area contributed by atoms with E-state index in [4.69, 9.17) is 58.1 Å². The summed E-state index contributed by atoms with van der Waals surface area (Å²) in [4.78, 5) is 98.3. The minimum absolute atomic E-state index is 0.0638. The van der Waals surface area contributed by atoms with Crippen LogP contribution in [0.1, 0.15) is 169 Å². The average molecular weight is 1450 g/mol. The van der Waals surface area contributed by atoms with Crippen molar-refractivity contribution in [2.75, 3.05) is 46.6 Å². The van der Waals surface area contributed by atoms with Crippen molar-refractivity contribution in [3.8, 4) is 28.7 Å². The summed E-state index contributed by atoms with van der Waals surface area (Å²) in [6.45, 7) is 16.3. The summed E-state index contributed by atoms with van der Waals surface area (Å²) in [6.07, 6.45) is 12.1. The molecule has 2 bridgehead atoms. The Hall–Kier alpha value is -9.35. The second kappa shape index (κ2) is 36.6. The van der Waals surface area contributed by atoms with E-state index in [1.54, 1.807) is 107 Å². The third-order valence-electron chi connectivity index (χ3n) is 20.9. The minimum Gasteiger partial charge on any atom is -0.504 e. The van der Waals surface area contributed by atoms with Crippen molar-refractivity contribution in [1.82, 2.24) is 36.8 Å². The molecule has 1 fully saturated rings. The molecule has 0 radical (unpaired) electrons. The van der Waals surface area contributed by atoms with Crippen molar-refractivity contribution >= 4 is 70.4 Å². The van der Waals surface area contributed by atoms with Gasteiger partial charge in [-0.15, -0.1) is 0 Å². The molecule has 4 aliphatic rings. The number of carbonyl (C=O) groups excluding carboxylic acids is 6. The Balaban J connectivity index is 0.901. The minimum atomic E-state index is -1.14. The van der Waals surface area contributed by atoms with Crippen LogP contribution in [0.5, 0.6) is 28.7 Å². The highest BCUT2D eigenvalue weighted by Crippen LogP contribution is 2.69. The van der Waals surface area contributed by atoms with Gasteiger partial charge in [0.25, 0.3) is 0 Å². The number of phenolic OH excluding ortho intramolecular Hbond substituents is 1. The van der Waals surface area contributed by atoms with Crippen molar-refractivity contribution < 1.29 is 57.6 Å². The molecule has 0 saturated carbocycles. The lowest BCUT2D eigenvalue weighted by Crippen LogP contribution is -2.69. The number of aromatic hydroxyl groups is 1. The highest BCUT2D eigenvalue weighted by atomic mass is 16.6. The molecule has 28 nitrogen and oxygen atoms in total. The van der Waals surface area contributed by atoms with Crippen molar-refractivity contribution in [3.63, 3.8) is 0 Å². The van der Waals surface area contributed by atoms with Crippen LogP contribution in [-0.4, -0.2) is 145 Å². The van der Waals surface area contributed by atoms with Gasteiger partial charge in [-0.25, -0.2) is 19.8 Å². The van der Waals surface area contributed by atoms with Crippen molar-refractivity contribution in [1.29, 1.82) is 0 Å². The van der Waals surface area contributed by atoms with Crippen LogP contribution in [0.15, 0.2) is 112 Å². The SMILES string of the molecule is CCCCCC[C@H](NCNC(C)(C)C(=O)Oc1ccc(N=C(N)N)cc1)C(=O)NCCCC[C@H](NCNC(C)(C)C(=O)COc1ccc(N=C(N)N)cc1)C(=O)NCCCC[C@H](CCCC(C)(C)C(=O)Oc1ccc(N=C(N)N)cc1)C(=O)OC1=CC[C@@]2(C)[C@H]3Cc4ccc(O)c5c4[C@@]2(CCN3C)[C@H]1O5. The quantitative estimate of drug-likeness (QED) is 0.00531. The number of benzene rings is 4. The van der Waals surface area contributed by atoms with Gasteiger partial charge >= 0.3 is 17.9 Å². The first kappa shape index (κ1) is 81.3. The van der Waals surface area contributed by atoms with Gasteiger partial charge in [0.2, 0.25) is 11.8 Å². The van der Waals surface area contributed by atoms with Crippen LogP contribution in [0.3, 0.4) is 0 Å². The molecule has 2 heterocycles. The van der Waals surface area contributed by atoms with Crippen LogP contribution < -0.4 is 85.3 Å². The maximum absolute atomic E-state index is 14.9. The molecule has 19 N–H and O–H groups in total. The van der Waals surface area contributed by atoms with Crippen molar-refractivity contribution in [2.24, 2.45) is 66.1 Å². The van der Waals surface area contributed by atoms with Crippen molar-refractivity contribution in [2.45, 2.75) is 205 Å². The van der Waals surface area contributed by atoms with Gasteiger partial charge in [-0.05, 0) is 216 Å². The van der Waals surface area contributed by atoms with Gasteiger partial charge in [0.1, 0.15) is 35.2 Å². The second-order valence-electron chi connectivity index (χ2n) is 30.0. The lowest BCUT2D eigenvalue weighted by atomic mass is 9.45. The number of amides is 2. The third kappa shape index (κ3) is 21.4. The van der Waals surface area contributed by atoms with E-state index in [0.29, 0.717) is 123 Å².